The van der Waals surface area contributed by atoms with Crippen LogP contribution in [0.2, 0.25) is 0 Å². The molecule has 1 aliphatic heterocycles. The number of ether oxygens (including phenoxy) is 1. The fraction of sp³-hybridized carbons (Fsp3) is 0.727. The van der Waals surface area contributed by atoms with Crippen LogP contribution >= 0.6 is 0 Å². The van der Waals surface area contributed by atoms with Crippen LogP contribution in [0, 0.1) is 5.92 Å². The van der Waals surface area contributed by atoms with Gasteiger partial charge in [-0.1, -0.05) is 0 Å². The predicted molar refractivity (Wildman–Crippen MR) is 61.0 cm³/mol. The molecule has 0 amide bonds. The van der Waals surface area contributed by atoms with Crippen LogP contribution in [-0.2, 0) is 23.1 Å². The molecular formula is C11H18N4O2. The van der Waals surface area contributed by atoms with E-state index in [1.54, 1.807) is 11.0 Å². The Hall–Kier alpha value is -1.43. The summed E-state index contributed by atoms with van der Waals surface area (Å²) in [5.41, 5.74) is 0. The number of aryl methyl sites for hydroxylation is 1. The topological polar surface area (TPSA) is 60.2 Å². The number of esters is 1. The molecule has 6 heteroatoms. The molecule has 0 saturated carbocycles. The van der Waals surface area contributed by atoms with Crippen LogP contribution in [0.25, 0.3) is 0 Å². The highest BCUT2D eigenvalue weighted by atomic mass is 16.5. The molecule has 1 saturated heterocycles. The molecule has 0 aliphatic carbocycles. The molecule has 1 aromatic rings. The van der Waals surface area contributed by atoms with Crippen molar-refractivity contribution in [1.82, 2.24) is 19.7 Å². The van der Waals surface area contributed by atoms with Gasteiger partial charge in [0.1, 0.15) is 12.2 Å². The molecule has 1 aliphatic rings. The summed E-state index contributed by atoms with van der Waals surface area (Å²) in [4.78, 5) is 17.9. The zero-order chi connectivity index (χ0) is 12.3. The van der Waals surface area contributed by atoms with Gasteiger partial charge >= 0.3 is 5.97 Å². The number of nitrogens with zero attached hydrogens (tertiary/aromatic N) is 4. The third-order valence-corrected chi connectivity index (χ3v) is 3.29. The molecule has 1 aromatic heterocycles. The minimum Gasteiger partial charge on any atom is -0.469 e. The molecule has 0 N–H and O–H groups in total. The normalized spacial score (nSPS) is 18.2. The molecule has 94 valence electrons. The van der Waals surface area contributed by atoms with Gasteiger partial charge in [0.15, 0.2) is 0 Å². The molecule has 0 atom stereocenters. The van der Waals surface area contributed by atoms with E-state index in [1.807, 2.05) is 7.05 Å². The summed E-state index contributed by atoms with van der Waals surface area (Å²) in [5, 5.41) is 4.04. The van der Waals surface area contributed by atoms with Gasteiger partial charge in [0.2, 0.25) is 0 Å². The predicted octanol–water partition coefficient (Wildman–Crippen LogP) is 0.200. The van der Waals surface area contributed by atoms with Crippen molar-refractivity contribution in [1.29, 1.82) is 0 Å². The van der Waals surface area contributed by atoms with Gasteiger partial charge in [-0.15, -0.1) is 0 Å². The number of hydrogen-bond donors (Lipinski definition) is 0. The minimum absolute atomic E-state index is 0.0655. The van der Waals surface area contributed by atoms with Crippen molar-refractivity contribution in [3.05, 3.63) is 12.2 Å². The second-order valence-corrected chi connectivity index (χ2v) is 4.37. The van der Waals surface area contributed by atoms with Gasteiger partial charge in [0.25, 0.3) is 0 Å². The van der Waals surface area contributed by atoms with E-state index in [4.69, 9.17) is 4.74 Å². The Morgan fingerprint density at radius 3 is 2.76 bits per heavy atom. The Kier molecular flexibility index (Phi) is 3.73. The quantitative estimate of drug-likeness (QED) is 0.704. The fourth-order valence-electron chi connectivity index (χ4n) is 2.16. The maximum absolute atomic E-state index is 11.4. The van der Waals surface area contributed by atoms with Crippen LogP contribution in [-0.4, -0.2) is 45.8 Å². The Morgan fingerprint density at radius 2 is 2.24 bits per heavy atom. The van der Waals surface area contributed by atoms with Crippen LogP contribution in [0.15, 0.2) is 6.33 Å². The van der Waals surface area contributed by atoms with Crippen molar-refractivity contribution in [3.8, 4) is 0 Å². The molecule has 0 aromatic carbocycles. The number of carbonyl (C=O) groups is 1. The highest BCUT2D eigenvalue weighted by molar-refractivity contribution is 5.72. The van der Waals surface area contributed by atoms with Crippen molar-refractivity contribution < 1.29 is 9.53 Å². The third-order valence-electron chi connectivity index (χ3n) is 3.29. The lowest BCUT2D eigenvalue weighted by Crippen LogP contribution is -2.36. The van der Waals surface area contributed by atoms with Gasteiger partial charge in [0, 0.05) is 7.05 Å². The highest BCUT2D eigenvalue weighted by Crippen LogP contribution is 2.19. The van der Waals surface area contributed by atoms with E-state index in [9.17, 15) is 4.79 Å². The number of piperidine rings is 1. The van der Waals surface area contributed by atoms with Gasteiger partial charge in [0.05, 0.1) is 19.6 Å². The van der Waals surface area contributed by atoms with Gasteiger partial charge in [-0.05, 0) is 25.9 Å². The smallest absolute Gasteiger partial charge is 0.308 e. The maximum atomic E-state index is 11.4. The summed E-state index contributed by atoms with van der Waals surface area (Å²) < 4.78 is 6.55. The number of methoxy groups -OCH3 is 1. The molecule has 6 nitrogen and oxygen atoms in total. The molecule has 0 radical (unpaired) electrons. The highest BCUT2D eigenvalue weighted by Gasteiger charge is 2.25. The first-order chi connectivity index (χ1) is 8.20. The number of carbonyl (C=O) groups excluding carboxylic acids is 1. The van der Waals surface area contributed by atoms with Gasteiger partial charge in [-0.2, -0.15) is 5.10 Å². The lowest BCUT2D eigenvalue weighted by atomic mass is 9.97. The summed E-state index contributed by atoms with van der Waals surface area (Å²) in [6, 6.07) is 0. The molecule has 1 fully saturated rings. The summed E-state index contributed by atoms with van der Waals surface area (Å²) in [6.07, 6.45) is 3.30. The Morgan fingerprint density at radius 1 is 1.53 bits per heavy atom. The lowest BCUT2D eigenvalue weighted by molar-refractivity contribution is -0.147. The van der Waals surface area contributed by atoms with E-state index < -0.39 is 0 Å². The number of hydrogen-bond acceptors (Lipinski definition) is 5. The first-order valence-electron chi connectivity index (χ1n) is 5.83. The summed E-state index contributed by atoms with van der Waals surface area (Å²) >= 11 is 0. The monoisotopic (exact) mass is 238 g/mol. The Bertz CT molecular complexity index is 383. The van der Waals surface area contributed by atoms with Gasteiger partial charge < -0.3 is 4.74 Å². The summed E-state index contributed by atoms with van der Waals surface area (Å²) in [5.74, 6) is 0.945. The van der Waals surface area contributed by atoms with E-state index in [-0.39, 0.29) is 11.9 Å². The van der Waals surface area contributed by atoms with E-state index in [2.05, 4.69) is 15.0 Å². The third kappa shape index (κ3) is 2.82. The molecule has 0 unspecified atom stereocenters. The number of aromatic nitrogens is 3. The van der Waals surface area contributed by atoms with E-state index >= 15 is 0 Å². The minimum atomic E-state index is -0.0803. The average molecular weight is 238 g/mol. The van der Waals surface area contributed by atoms with Crippen molar-refractivity contribution in [2.24, 2.45) is 13.0 Å². The van der Waals surface area contributed by atoms with Crippen molar-refractivity contribution in [2.75, 3.05) is 20.2 Å². The molecule has 0 bridgehead atoms. The lowest BCUT2D eigenvalue weighted by Gasteiger charge is -2.29. The number of likely N-dealkylation sites (tertiary alicyclic amines) is 1. The second-order valence-electron chi connectivity index (χ2n) is 4.37. The van der Waals surface area contributed by atoms with Crippen LogP contribution in [0.3, 0.4) is 0 Å². The van der Waals surface area contributed by atoms with Gasteiger partial charge in [-0.25, -0.2) is 4.98 Å². The molecule has 2 heterocycles. The molecule has 17 heavy (non-hydrogen) atoms. The number of rotatable bonds is 3. The van der Waals surface area contributed by atoms with Gasteiger partial charge in [-0.3, -0.25) is 14.4 Å². The van der Waals surface area contributed by atoms with E-state index in [0.717, 1.165) is 38.3 Å². The molecular weight excluding hydrogens is 220 g/mol. The largest absolute Gasteiger partial charge is 0.469 e. The first-order valence-corrected chi connectivity index (χ1v) is 5.83. The van der Waals surface area contributed by atoms with Crippen molar-refractivity contribution in [2.45, 2.75) is 19.4 Å². The zero-order valence-electron chi connectivity index (χ0n) is 10.3. The van der Waals surface area contributed by atoms with Crippen LogP contribution in [0.1, 0.15) is 18.7 Å². The van der Waals surface area contributed by atoms with E-state index in [0.29, 0.717) is 0 Å². The van der Waals surface area contributed by atoms with Crippen molar-refractivity contribution >= 4 is 5.97 Å². The Labute approximate surface area is 101 Å². The SMILES string of the molecule is COC(=O)C1CCN(Cc2ncnn2C)CC1. The molecule has 2 rings (SSSR count). The second kappa shape index (κ2) is 5.27. The van der Waals surface area contributed by atoms with Crippen LogP contribution in [0.5, 0.6) is 0 Å². The standard InChI is InChI=1S/C11H18N4O2/c1-14-10(12-8-13-14)7-15-5-3-9(4-6-15)11(16)17-2/h8-9H,3-7H2,1-2H3. The Balaban J connectivity index is 1.83. The summed E-state index contributed by atoms with van der Waals surface area (Å²) in [6.45, 7) is 2.61. The zero-order valence-corrected chi connectivity index (χ0v) is 10.3. The van der Waals surface area contributed by atoms with Crippen LogP contribution in [0.4, 0.5) is 0 Å². The average Bonchev–Trinajstić information content (AvgIpc) is 2.75. The van der Waals surface area contributed by atoms with Crippen molar-refractivity contribution in [3.63, 3.8) is 0 Å². The first kappa shape index (κ1) is 12.0. The maximum Gasteiger partial charge on any atom is 0.308 e. The fourth-order valence-corrected chi connectivity index (χ4v) is 2.16. The molecule has 0 spiro atoms. The van der Waals surface area contributed by atoms with E-state index in [1.165, 1.54) is 7.11 Å². The summed E-state index contributed by atoms with van der Waals surface area (Å²) in [7, 11) is 3.35. The van der Waals surface area contributed by atoms with Crippen LogP contribution < -0.4 is 0 Å².